The van der Waals surface area contributed by atoms with Crippen molar-refractivity contribution in [3.63, 3.8) is 0 Å². The van der Waals surface area contributed by atoms with Gasteiger partial charge in [0, 0.05) is 30.9 Å². The highest BCUT2D eigenvalue weighted by Gasteiger charge is 2.21. The topological polar surface area (TPSA) is 60.2 Å². The Hall–Kier alpha value is -2.30. The van der Waals surface area contributed by atoms with E-state index in [-0.39, 0.29) is 29.5 Å². The lowest BCUT2D eigenvalue weighted by Crippen LogP contribution is -2.03. The fraction of sp³-hybridized carbons (Fsp3) is 0.421. The van der Waals surface area contributed by atoms with Crippen molar-refractivity contribution in [3.8, 4) is 11.3 Å². The van der Waals surface area contributed by atoms with Gasteiger partial charge in [0.15, 0.2) is 11.5 Å². The van der Waals surface area contributed by atoms with E-state index >= 15 is 0 Å². The third-order valence-corrected chi connectivity index (χ3v) is 4.31. The molecule has 1 aromatic carbocycles. The van der Waals surface area contributed by atoms with Crippen LogP contribution in [0.1, 0.15) is 55.4 Å². The first-order valence-electron chi connectivity index (χ1n) is 8.39. The van der Waals surface area contributed by atoms with Gasteiger partial charge >= 0.3 is 0 Å². The lowest BCUT2D eigenvalue weighted by molar-refractivity contribution is -0.119. The summed E-state index contributed by atoms with van der Waals surface area (Å²) >= 11 is 0. The smallest absolute Gasteiger partial charge is 0.184 e. The summed E-state index contributed by atoms with van der Waals surface area (Å²) in [5, 5.41) is 3.78. The molecule has 0 bridgehead atoms. The van der Waals surface area contributed by atoms with Gasteiger partial charge in [-0.15, -0.1) is 0 Å². The highest BCUT2D eigenvalue weighted by atomic mass is 19.1. The van der Waals surface area contributed by atoms with Crippen molar-refractivity contribution < 1.29 is 18.5 Å². The molecule has 1 aromatic heterocycles. The minimum Gasteiger partial charge on any atom is -0.356 e. The molecular formula is C19H20FNO3. The van der Waals surface area contributed by atoms with Crippen LogP contribution in [0.15, 0.2) is 34.9 Å². The van der Waals surface area contributed by atoms with Gasteiger partial charge in [-0.3, -0.25) is 9.59 Å². The molecule has 0 atom stereocenters. The number of rotatable bonds is 9. The molecule has 0 aliphatic heterocycles. The van der Waals surface area contributed by atoms with Gasteiger partial charge in [0.2, 0.25) is 0 Å². The summed E-state index contributed by atoms with van der Waals surface area (Å²) in [5.74, 6) is 0.958. The number of benzene rings is 1. The second kappa shape index (κ2) is 7.51. The third kappa shape index (κ3) is 4.60. The van der Waals surface area contributed by atoms with Crippen molar-refractivity contribution in [1.29, 1.82) is 0 Å². The molecule has 0 amide bonds. The number of hydrogen-bond acceptors (Lipinski definition) is 4. The molecule has 1 saturated carbocycles. The predicted molar refractivity (Wildman–Crippen MR) is 87.0 cm³/mol. The van der Waals surface area contributed by atoms with Gasteiger partial charge in [-0.2, -0.15) is 0 Å². The molecule has 4 nitrogen and oxygen atoms in total. The normalized spacial score (nSPS) is 13.9. The van der Waals surface area contributed by atoms with Crippen LogP contribution >= 0.6 is 0 Å². The summed E-state index contributed by atoms with van der Waals surface area (Å²) in [7, 11) is 0. The van der Waals surface area contributed by atoms with Crippen LogP contribution < -0.4 is 0 Å². The maximum absolute atomic E-state index is 12.9. The maximum Gasteiger partial charge on any atom is 0.184 e. The Labute approximate surface area is 140 Å². The molecule has 0 radical (unpaired) electrons. The van der Waals surface area contributed by atoms with Crippen molar-refractivity contribution in [2.45, 2.75) is 44.9 Å². The van der Waals surface area contributed by atoms with Gasteiger partial charge in [-0.05, 0) is 43.0 Å². The molecule has 1 aliphatic carbocycles. The molecule has 3 rings (SSSR count). The molecule has 1 heterocycles. The Morgan fingerprint density at radius 2 is 1.88 bits per heavy atom. The molecule has 24 heavy (non-hydrogen) atoms. The Balaban J connectivity index is 1.46. The van der Waals surface area contributed by atoms with E-state index in [0.717, 1.165) is 12.3 Å². The average Bonchev–Trinajstić information content (AvgIpc) is 3.28. The number of nitrogens with zero attached hydrogens (tertiary/aromatic N) is 1. The van der Waals surface area contributed by atoms with Gasteiger partial charge in [0.1, 0.15) is 17.3 Å². The van der Waals surface area contributed by atoms with Crippen molar-refractivity contribution >= 4 is 11.6 Å². The fourth-order valence-corrected chi connectivity index (χ4v) is 2.63. The highest BCUT2D eigenvalue weighted by Crippen LogP contribution is 2.33. The molecule has 2 aromatic rings. The molecule has 1 aliphatic rings. The average molecular weight is 329 g/mol. The van der Waals surface area contributed by atoms with E-state index in [1.165, 1.54) is 25.0 Å². The zero-order chi connectivity index (χ0) is 16.9. The minimum atomic E-state index is -0.332. The standard InChI is InChI=1S/C19H20FNO3/c20-15-9-7-14(8-10-15)19-12-17(21-24-19)18(23)3-1-2-16(22)11-6-13-4-5-13/h7-10,12-13H,1-6,11H2. The van der Waals surface area contributed by atoms with Gasteiger partial charge in [0.25, 0.3) is 0 Å². The Kier molecular flexibility index (Phi) is 5.18. The number of carbonyl (C=O) groups excluding carboxylic acids is 2. The summed E-state index contributed by atoms with van der Waals surface area (Å²) in [5.41, 5.74) is 0.915. The first-order valence-corrected chi connectivity index (χ1v) is 8.39. The van der Waals surface area contributed by atoms with Crippen LogP contribution in [0, 0.1) is 11.7 Å². The highest BCUT2D eigenvalue weighted by molar-refractivity contribution is 5.95. The predicted octanol–water partition coefficient (Wildman–Crippen LogP) is 4.59. The molecule has 0 spiro atoms. The number of aromatic nitrogens is 1. The molecule has 5 heteroatoms. The van der Waals surface area contributed by atoms with Crippen LogP contribution in [-0.4, -0.2) is 16.7 Å². The van der Waals surface area contributed by atoms with E-state index in [9.17, 15) is 14.0 Å². The quantitative estimate of drug-likeness (QED) is 0.631. The molecule has 1 fully saturated rings. The van der Waals surface area contributed by atoms with Crippen molar-refractivity contribution in [1.82, 2.24) is 5.16 Å². The van der Waals surface area contributed by atoms with Gasteiger partial charge < -0.3 is 4.52 Å². The fourth-order valence-electron chi connectivity index (χ4n) is 2.63. The number of carbonyl (C=O) groups is 2. The van der Waals surface area contributed by atoms with Crippen LogP contribution in [0.25, 0.3) is 11.3 Å². The van der Waals surface area contributed by atoms with Crippen LogP contribution in [0.5, 0.6) is 0 Å². The SMILES string of the molecule is O=C(CCCC(=O)c1cc(-c2ccc(F)cc2)on1)CCC1CC1. The Morgan fingerprint density at radius 3 is 2.58 bits per heavy atom. The molecule has 126 valence electrons. The van der Waals surface area contributed by atoms with Crippen LogP contribution in [-0.2, 0) is 4.79 Å². The van der Waals surface area contributed by atoms with Gasteiger partial charge in [-0.25, -0.2) is 4.39 Å². The third-order valence-electron chi connectivity index (χ3n) is 4.31. The van der Waals surface area contributed by atoms with Crippen molar-refractivity contribution in [2.75, 3.05) is 0 Å². The van der Waals surface area contributed by atoms with Gasteiger partial charge in [-0.1, -0.05) is 18.0 Å². The van der Waals surface area contributed by atoms with Crippen molar-refractivity contribution in [3.05, 3.63) is 41.8 Å². The monoisotopic (exact) mass is 329 g/mol. The molecule has 0 unspecified atom stereocenters. The lowest BCUT2D eigenvalue weighted by Gasteiger charge is -1.99. The number of ketones is 2. The number of halogens is 1. The van der Waals surface area contributed by atoms with E-state index < -0.39 is 0 Å². The molecular weight excluding hydrogens is 309 g/mol. The van der Waals surface area contributed by atoms with Crippen molar-refractivity contribution in [2.24, 2.45) is 5.92 Å². The zero-order valence-corrected chi connectivity index (χ0v) is 13.5. The first kappa shape index (κ1) is 16.6. The van der Waals surface area contributed by atoms with E-state index in [1.807, 2.05) is 0 Å². The second-order valence-electron chi connectivity index (χ2n) is 6.38. The van der Waals surface area contributed by atoms with E-state index in [4.69, 9.17) is 4.52 Å². The molecule has 0 saturated heterocycles. The minimum absolute atomic E-state index is 0.137. The van der Waals surface area contributed by atoms with Crippen LogP contribution in [0.4, 0.5) is 4.39 Å². The number of Topliss-reactive ketones (excluding diaryl/α,β-unsaturated/α-hetero) is 2. The van der Waals surface area contributed by atoms with Gasteiger partial charge in [0.05, 0.1) is 0 Å². The lowest BCUT2D eigenvalue weighted by atomic mass is 10.0. The van der Waals surface area contributed by atoms with Crippen LogP contribution in [0.3, 0.4) is 0 Å². The second-order valence-corrected chi connectivity index (χ2v) is 6.38. The molecule has 0 N–H and O–H groups in total. The van der Waals surface area contributed by atoms with E-state index in [2.05, 4.69) is 5.16 Å². The summed E-state index contributed by atoms with van der Waals surface area (Å²) < 4.78 is 18.1. The summed E-state index contributed by atoms with van der Waals surface area (Å²) in [6.45, 7) is 0. The summed E-state index contributed by atoms with van der Waals surface area (Å²) in [6.07, 6.45) is 5.42. The zero-order valence-electron chi connectivity index (χ0n) is 13.5. The van der Waals surface area contributed by atoms with E-state index in [1.54, 1.807) is 18.2 Å². The summed E-state index contributed by atoms with van der Waals surface area (Å²) in [4.78, 5) is 23.8. The van der Waals surface area contributed by atoms with E-state index in [0.29, 0.717) is 30.6 Å². The Morgan fingerprint density at radius 1 is 1.12 bits per heavy atom. The number of hydrogen-bond donors (Lipinski definition) is 0. The maximum atomic E-state index is 12.9. The summed E-state index contributed by atoms with van der Waals surface area (Å²) in [6, 6.07) is 7.36. The first-order chi connectivity index (χ1) is 11.6. The largest absolute Gasteiger partial charge is 0.356 e. The van der Waals surface area contributed by atoms with Crippen LogP contribution in [0.2, 0.25) is 0 Å². The Bertz CT molecular complexity index is 716.